The molecular weight excluding hydrogens is 332 g/mol. The van der Waals surface area contributed by atoms with Gasteiger partial charge in [0.25, 0.3) is 0 Å². The number of nitrogens with zero attached hydrogens (tertiary/aromatic N) is 2. The van der Waals surface area contributed by atoms with Gasteiger partial charge in [0.1, 0.15) is 11.3 Å². The number of fused-ring (bicyclic) bond motifs is 1. The SMILES string of the molecule is COC(=O)c1cc(C#C[C@@]23C[C@@H]2CN(C(=O)OC(C)(C)C)C3)cc(C)n1. The van der Waals surface area contributed by atoms with E-state index in [9.17, 15) is 9.59 Å². The number of methoxy groups -OCH3 is 1. The third-order valence-corrected chi connectivity index (χ3v) is 4.60. The van der Waals surface area contributed by atoms with Gasteiger partial charge in [0.2, 0.25) is 0 Å². The van der Waals surface area contributed by atoms with Gasteiger partial charge in [-0.15, -0.1) is 0 Å². The Morgan fingerprint density at radius 2 is 2.08 bits per heavy atom. The van der Waals surface area contributed by atoms with E-state index in [1.807, 2.05) is 33.8 Å². The third-order valence-electron chi connectivity index (χ3n) is 4.60. The van der Waals surface area contributed by atoms with Crippen LogP contribution in [0.2, 0.25) is 0 Å². The second kappa shape index (κ2) is 6.31. The average Bonchev–Trinajstić information content (AvgIpc) is 3.10. The second-order valence-corrected chi connectivity index (χ2v) is 8.04. The molecule has 6 heteroatoms. The minimum atomic E-state index is -0.498. The number of rotatable bonds is 1. The summed E-state index contributed by atoms with van der Waals surface area (Å²) in [5, 5.41) is 0. The lowest BCUT2D eigenvalue weighted by molar-refractivity contribution is 0.0268. The molecule has 0 N–H and O–H groups in total. The van der Waals surface area contributed by atoms with Crippen LogP contribution >= 0.6 is 0 Å². The van der Waals surface area contributed by atoms with Crippen LogP contribution in [-0.2, 0) is 9.47 Å². The van der Waals surface area contributed by atoms with Crippen LogP contribution in [0.25, 0.3) is 0 Å². The quantitative estimate of drug-likeness (QED) is 0.572. The molecule has 1 saturated carbocycles. The van der Waals surface area contributed by atoms with E-state index in [0.717, 1.165) is 12.0 Å². The van der Waals surface area contributed by atoms with Crippen molar-refractivity contribution in [3.63, 3.8) is 0 Å². The summed E-state index contributed by atoms with van der Waals surface area (Å²) in [5.41, 5.74) is 1.04. The minimum Gasteiger partial charge on any atom is -0.464 e. The lowest BCUT2D eigenvalue weighted by atomic mass is 10.1. The number of hydrogen-bond donors (Lipinski definition) is 0. The van der Waals surface area contributed by atoms with E-state index in [4.69, 9.17) is 9.47 Å². The summed E-state index contributed by atoms with van der Waals surface area (Å²) in [6, 6.07) is 3.48. The van der Waals surface area contributed by atoms with Crippen molar-refractivity contribution < 1.29 is 19.1 Å². The van der Waals surface area contributed by atoms with Gasteiger partial charge in [0, 0.05) is 24.3 Å². The van der Waals surface area contributed by atoms with Crippen molar-refractivity contribution in [2.75, 3.05) is 20.2 Å². The summed E-state index contributed by atoms with van der Waals surface area (Å²) >= 11 is 0. The van der Waals surface area contributed by atoms with E-state index >= 15 is 0 Å². The van der Waals surface area contributed by atoms with E-state index in [1.54, 1.807) is 11.0 Å². The molecule has 0 bridgehead atoms. The van der Waals surface area contributed by atoms with Gasteiger partial charge >= 0.3 is 12.1 Å². The predicted molar refractivity (Wildman–Crippen MR) is 95.5 cm³/mol. The highest BCUT2D eigenvalue weighted by Gasteiger charge is 2.60. The van der Waals surface area contributed by atoms with E-state index in [-0.39, 0.29) is 17.2 Å². The number of pyridine rings is 1. The molecule has 1 amide bonds. The Bertz CT molecular complexity index is 815. The number of aryl methyl sites for hydroxylation is 1. The highest BCUT2D eigenvalue weighted by atomic mass is 16.6. The first-order valence-electron chi connectivity index (χ1n) is 8.70. The first-order chi connectivity index (χ1) is 12.1. The Kier molecular flexibility index (Phi) is 4.43. The fraction of sp³-hybridized carbons (Fsp3) is 0.550. The number of amides is 1. The summed E-state index contributed by atoms with van der Waals surface area (Å²) in [6.45, 7) is 8.68. The molecule has 0 radical (unpaired) electrons. The largest absolute Gasteiger partial charge is 0.464 e. The molecule has 1 aliphatic heterocycles. The Balaban J connectivity index is 1.73. The van der Waals surface area contributed by atoms with Crippen LogP contribution in [0.5, 0.6) is 0 Å². The maximum Gasteiger partial charge on any atom is 0.410 e. The topological polar surface area (TPSA) is 68.7 Å². The van der Waals surface area contributed by atoms with Gasteiger partial charge in [-0.3, -0.25) is 0 Å². The smallest absolute Gasteiger partial charge is 0.410 e. The average molecular weight is 356 g/mol. The molecular formula is C20H24N2O4. The van der Waals surface area contributed by atoms with Gasteiger partial charge in [-0.25, -0.2) is 14.6 Å². The van der Waals surface area contributed by atoms with Gasteiger partial charge in [0.05, 0.1) is 12.5 Å². The highest BCUT2D eigenvalue weighted by molar-refractivity contribution is 5.87. The van der Waals surface area contributed by atoms with Crippen LogP contribution in [0.1, 0.15) is 48.9 Å². The van der Waals surface area contributed by atoms with Crippen molar-refractivity contribution in [3.8, 4) is 11.8 Å². The lowest BCUT2D eigenvalue weighted by Crippen LogP contribution is -2.37. The summed E-state index contributed by atoms with van der Waals surface area (Å²) in [5.74, 6) is 6.41. The Morgan fingerprint density at radius 3 is 2.73 bits per heavy atom. The van der Waals surface area contributed by atoms with Gasteiger partial charge in [-0.1, -0.05) is 11.8 Å². The van der Waals surface area contributed by atoms with Crippen molar-refractivity contribution >= 4 is 12.1 Å². The maximum atomic E-state index is 12.2. The van der Waals surface area contributed by atoms with Gasteiger partial charge < -0.3 is 14.4 Å². The lowest BCUT2D eigenvalue weighted by Gasteiger charge is -2.25. The molecule has 3 rings (SSSR count). The number of carbonyl (C=O) groups is 2. The molecule has 1 aliphatic carbocycles. The molecule has 2 atom stereocenters. The zero-order valence-corrected chi connectivity index (χ0v) is 15.9. The fourth-order valence-corrected chi connectivity index (χ4v) is 3.29. The number of aromatic nitrogens is 1. The molecule has 2 heterocycles. The van der Waals surface area contributed by atoms with Crippen LogP contribution in [-0.4, -0.2) is 47.7 Å². The van der Waals surface area contributed by atoms with Crippen LogP contribution in [0.3, 0.4) is 0 Å². The first kappa shape index (κ1) is 18.2. The van der Waals surface area contributed by atoms with E-state index in [1.165, 1.54) is 7.11 Å². The summed E-state index contributed by atoms with van der Waals surface area (Å²) in [4.78, 5) is 29.8. The van der Waals surface area contributed by atoms with E-state index < -0.39 is 11.6 Å². The minimum absolute atomic E-state index is 0.153. The highest BCUT2D eigenvalue weighted by Crippen LogP contribution is 2.57. The van der Waals surface area contributed by atoms with Crippen LogP contribution in [0.4, 0.5) is 4.79 Å². The summed E-state index contributed by atoms with van der Waals surface area (Å²) < 4.78 is 10.2. The van der Waals surface area contributed by atoms with E-state index in [0.29, 0.717) is 24.7 Å². The normalized spacial score (nSPS) is 23.6. The maximum absolute atomic E-state index is 12.2. The molecule has 26 heavy (non-hydrogen) atoms. The Labute approximate surface area is 153 Å². The third kappa shape index (κ3) is 3.82. The van der Waals surface area contributed by atoms with Gasteiger partial charge in [-0.05, 0) is 52.2 Å². The Hall–Kier alpha value is -2.55. The molecule has 138 valence electrons. The van der Waals surface area contributed by atoms with Crippen LogP contribution < -0.4 is 0 Å². The zero-order valence-electron chi connectivity index (χ0n) is 15.9. The van der Waals surface area contributed by atoms with Crippen molar-refractivity contribution in [2.24, 2.45) is 11.3 Å². The number of hydrogen-bond acceptors (Lipinski definition) is 5. The fourth-order valence-electron chi connectivity index (χ4n) is 3.29. The standard InChI is InChI=1S/C20H24N2O4/c1-13-8-14(9-16(21-13)17(23)25-5)6-7-20-10-15(20)11-22(12-20)18(24)26-19(2,3)4/h8-9,15H,10-12H2,1-5H3/t15-,20+/m1/s1. The predicted octanol–water partition coefficient (Wildman–Crippen LogP) is 2.79. The van der Waals surface area contributed by atoms with Crippen molar-refractivity contribution in [1.82, 2.24) is 9.88 Å². The van der Waals surface area contributed by atoms with Crippen molar-refractivity contribution in [2.45, 2.75) is 39.7 Å². The molecule has 1 aromatic rings. The van der Waals surface area contributed by atoms with E-state index in [2.05, 4.69) is 16.8 Å². The van der Waals surface area contributed by atoms with Crippen LogP contribution in [0.15, 0.2) is 12.1 Å². The monoisotopic (exact) mass is 356 g/mol. The zero-order chi connectivity index (χ0) is 19.1. The Morgan fingerprint density at radius 1 is 1.35 bits per heavy atom. The molecule has 0 spiro atoms. The van der Waals surface area contributed by atoms with Crippen LogP contribution in [0, 0.1) is 30.1 Å². The molecule has 6 nitrogen and oxygen atoms in total. The number of piperidine rings is 1. The second-order valence-electron chi connectivity index (χ2n) is 8.04. The number of ether oxygens (including phenoxy) is 2. The molecule has 2 fully saturated rings. The van der Waals surface area contributed by atoms with Crippen molar-refractivity contribution in [3.05, 3.63) is 29.1 Å². The molecule has 1 saturated heterocycles. The number of likely N-dealkylation sites (tertiary alicyclic amines) is 1. The first-order valence-corrected chi connectivity index (χ1v) is 8.70. The summed E-state index contributed by atoms with van der Waals surface area (Å²) in [7, 11) is 1.33. The molecule has 0 aromatic carbocycles. The molecule has 0 unspecified atom stereocenters. The van der Waals surface area contributed by atoms with Crippen molar-refractivity contribution in [1.29, 1.82) is 0 Å². The molecule has 1 aromatic heterocycles. The van der Waals surface area contributed by atoms with Gasteiger partial charge in [0.15, 0.2) is 0 Å². The molecule has 2 aliphatic rings. The van der Waals surface area contributed by atoms with Gasteiger partial charge in [-0.2, -0.15) is 0 Å². The number of esters is 1. The number of carbonyl (C=O) groups excluding carboxylic acids is 2. The summed E-state index contributed by atoms with van der Waals surface area (Å²) in [6.07, 6.45) is 0.714.